The molecule has 0 bridgehead atoms. The summed E-state index contributed by atoms with van der Waals surface area (Å²) in [4.78, 5) is 0. The van der Waals surface area contributed by atoms with Gasteiger partial charge in [-0.05, 0) is 24.6 Å². The van der Waals surface area contributed by atoms with Gasteiger partial charge < -0.3 is 11.1 Å². The Kier molecular flexibility index (Phi) is 3.20. The van der Waals surface area contributed by atoms with E-state index in [1.165, 1.54) is 0 Å². The summed E-state index contributed by atoms with van der Waals surface area (Å²) in [5.74, 6) is 0. The molecule has 5 nitrogen and oxygen atoms in total. The molecule has 0 amide bonds. The molecule has 0 saturated heterocycles. The minimum atomic E-state index is 0.577. The summed E-state index contributed by atoms with van der Waals surface area (Å²) in [5.41, 5.74) is 9.70. The van der Waals surface area contributed by atoms with Crippen LogP contribution >= 0.6 is 0 Å². The van der Waals surface area contributed by atoms with Gasteiger partial charge in [-0.15, -0.1) is 0 Å². The van der Waals surface area contributed by atoms with Crippen molar-refractivity contribution < 1.29 is 0 Å². The second kappa shape index (κ2) is 4.80. The van der Waals surface area contributed by atoms with Crippen LogP contribution in [-0.2, 0) is 13.5 Å². The molecule has 0 spiro atoms. The number of hydrogen-bond acceptors (Lipinski definition) is 4. The number of nitriles is 1. The highest BCUT2D eigenvalue weighted by Crippen LogP contribution is 2.26. The van der Waals surface area contributed by atoms with Gasteiger partial charge in [0.25, 0.3) is 0 Å². The summed E-state index contributed by atoms with van der Waals surface area (Å²) in [7, 11) is 1.87. The first-order valence-corrected chi connectivity index (χ1v) is 5.73. The van der Waals surface area contributed by atoms with Gasteiger partial charge in [-0.2, -0.15) is 10.4 Å². The van der Waals surface area contributed by atoms with Crippen LogP contribution in [0.15, 0.2) is 24.4 Å². The van der Waals surface area contributed by atoms with Crippen LogP contribution in [0.5, 0.6) is 0 Å². The number of aryl methyl sites for hydroxylation is 2. The van der Waals surface area contributed by atoms with Crippen LogP contribution < -0.4 is 11.1 Å². The molecule has 92 valence electrons. The number of nitrogens with zero attached hydrogens (tertiary/aromatic N) is 3. The molecule has 1 aromatic heterocycles. The highest BCUT2D eigenvalue weighted by Gasteiger charge is 2.08. The maximum atomic E-state index is 8.89. The van der Waals surface area contributed by atoms with E-state index in [2.05, 4.69) is 16.5 Å². The van der Waals surface area contributed by atoms with Gasteiger partial charge in [-0.25, -0.2) is 0 Å². The Morgan fingerprint density at radius 2 is 2.22 bits per heavy atom. The molecule has 5 heteroatoms. The van der Waals surface area contributed by atoms with Crippen molar-refractivity contribution in [1.82, 2.24) is 9.78 Å². The van der Waals surface area contributed by atoms with Crippen LogP contribution in [0, 0.1) is 11.3 Å². The summed E-state index contributed by atoms with van der Waals surface area (Å²) in [6.07, 6.45) is 2.73. The van der Waals surface area contributed by atoms with Crippen LogP contribution in [0.2, 0.25) is 0 Å². The van der Waals surface area contributed by atoms with Gasteiger partial charge in [0.2, 0.25) is 0 Å². The van der Waals surface area contributed by atoms with E-state index in [1.807, 2.05) is 20.2 Å². The normalized spacial score (nSPS) is 10.1. The van der Waals surface area contributed by atoms with Gasteiger partial charge in [0.15, 0.2) is 0 Å². The molecule has 0 aliphatic rings. The average molecular weight is 241 g/mol. The average Bonchev–Trinajstić information content (AvgIpc) is 2.72. The zero-order chi connectivity index (χ0) is 13.1. The molecule has 0 atom stereocenters. The fraction of sp³-hybridized carbons (Fsp3) is 0.231. The number of nitrogen functional groups attached to an aromatic ring is 1. The highest BCUT2D eigenvalue weighted by atomic mass is 15.3. The standard InChI is InChI=1S/C13H15N5/c1-3-11-13(8-18(2)17-11)16-12-6-9(7-14)4-5-10(12)15/h4-6,8,16H,3,15H2,1-2H3. The monoisotopic (exact) mass is 241 g/mol. The number of hydrogen-bond donors (Lipinski definition) is 2. The smallest absolute Gasteiger partial charge is 0.0992 e. The van der Waals surface area contributed by atoms with Crippen molar-refractivity contribution in [3.63, 3.8) is 0 Å². The Balaban J connectivity index is 2.36. The second-order valence-electron chi connectivity index (χ2n) is 4.06. The first-order chi connectivity index (χ1) is 8.63. The highest BCUT2D eigenvalue weighted by molar-refractivity contribution is 5.74. The molecular formula is C13H15N5. The third-order valence-electron chi connectivity index (χ3n) is 2.69. The Labute approximate surface area is 106 Å². The number of rotatable bonds is 3. The molecule has 3 N–H and O–H groups in total. The number of anilines is 3. The Morgan fingerprint density at radius 3 is 2.89 bits per heavy atom. The van der Waals surface area contributed by atoms with E-state index in [1.54, 1.807) is 22.9 Å². The Bertz CT molecular complexity index is 606. The van der Waals surface area contributed by atoms with Crippen molar-refractivity contribution in [3.05, 3.63) is 35.7 Å². The summed E-state index contributed by atoms with van der Waals surface area (Å²) in [6.45, 7) is 2.04. The van der Waals surface area contributed by atoms with Crippen LogP contribution in [0.3, 0.4) is 0 Å². The molecule has 18 heavy (non-hydrogen) atoms. The molecule has 2 aromatic rings. The molecule has 0 aliphatic carbocycles. The van der Waals surface area contributed by atoms with E-state index in [0.717, 1.165) is 23.5 Å². The van der Waals surface area contributed by atoms with Crippen LogP contribution in [-0.4, -0.2) is 9.78 Å². The van der Waals surface area contributed by atoms with Crippen molar-refractivity contribution >= 4 is 17.1 Å². The largest absolute Gasteiger partial charge is 0.397 e. The van der Waals surface area contributed by atoms with E-state index in [4.69, 9.17) is 11.0 Å². The predicted octanol–water partition coefficient (Wildman–Crippen LogP) is 2.18. The van der Waals surface area contributed by atoms with Gasteiger partial charge in [-0.3, -0.25) is 4.68 Å². The number of nitrogens with one attached hydrogen (secondary N) is 1. The van der Waals surface area contributed by atoms with Crippen molar-refractivity contribution in [1.29, 1.82) is 5.26 Å². The third-order valence-corrected chi connectivity index (χ3v) is 2.69. The van der Waals surface area contributed by atoms with Gasteiger partial charge in [0.1, 0.15) is 0 Å². The van der Waals surface area contributed by atoms with E-state index >= 15 is 0 Å². The fourth-order valence-electron chi connectivity index (χ4n) is 1.78. The van der Waals surface area contributed by atoms with Crippen molar-refractivity contribution in [2.45, 2.75) is 13.3 Å². The van der Waals surface area contributed by atoms with E-state index in [-0.39, 0.29) is 0 Å². The van der Waals surface area contributed by atoms with Crippen LogP contribution in [0.25, 0.3) is 0 Å². The lowest BCUT2D eigenvalue weighted by atomic mass is 10.2. The molecular weight excluding hydrogens is 226 g/mol. The number of benzene rings is 1. The molecule has 0 saturated carbocycles. The van der Waals surface area contributed by atoms with E-state index in [0.29, 0.717) is 11.3 Å². The number of nitrogens with two attached hydrogens (primary N) is 1. The molecule has 2 rings (SSSR count). The van der Waals surface area contributed by atoms with Crippen LogP contribution in [0.1, 0.15) is 18.2 Å². The minimum absolute atomic E-state index is 0.577. The van der Waals surface area contributed by atoms with Crippen molar-refractivity contribution in [2.75, 3.05) is 11.1 Å². The molecule has 1 aromatic carbocycles. The van der Waals surface area contributed by atoms with Gasteiger partial charge in [-0.1, -0.05) is 6.92 Å². The van der Waals surface area contributed by atoms with Crippen molar-refractivity contribution in [3.8, 4) is 6.07 Å². The quantitative estimate of drug-likeness (QED) is 0.807. The van der Waals surface area contributed by atoms with Gasteiger partial charge >= 0.3 is 0 Å². The zero-order valence-corrected chi connectivity index (χ0v) is 10.4. The van der Waals surface area contributed by atoms with Gasteiger partial charge in [0.05, 0.1) is 34.4 Å². The molecule has 0 aliphatic heterocycles. The Morgan fingerprint density at radius 1 is 1.44 bits per heavy atom. The first kappa shape index (κ1) is 12.0. The molecule has 1 heterocycles. The molecule has 0 unspecified atom stereocenters. The van der Waals surface area contributed by atoms with E-state index < -0.39 is 0 Å². The topological polar surface area (TPSA) is 79.7 Å². The maximum absolute atomic E-state index is 8.89. The minimum Gasteiger partial charge on any atom is -0.397 e. The molecule has 0 fully saturated rings. The zero-order valence-electron chi connectivity index (χ0n) is 10.4. The van der Waals surface area contributed by atoms with Crippen molar-refractivity contribution in [2.24, 2.45) is 7.05 Å². The predicted molar refractivity (Wildman–Crippen MR) is 71.4 cm³/mol. The summed E-state index contributed by atoms with van der Waals surface area (Å²) >= 11 is 0. The maximum Gasteiger partial charge on any atom is 0.0992 e. The van der Waals surface area contributed by atoms with E-state index in [9.17, 15) is 0 Å². The SMILES string of the molecule is CCc1nn(C)cc1Nc1cc(C#N)ccc1N. The lowest BCUT2D eigenvalue weighted by molar-refractivity contribution is 0.746. The first-order valence-electron chi connectivity index (χ1n) is 5.73. The summed E-state index contributed by atoms with van der Waals surface area (Å²) < 4.78 is 1.76. The second-order valence-corrected chi connectivity index (χ2v) is 4.06. The third kappa shape index (κ3) is 2.28. The summed E-state index contributed by atoms with van der Waals surface area (Å²) in [5, 5.41) is 16.5. The van der Waals surface area contributed by atoms with Gasteiger partial charge in [0, 0.05) is 13.2 Å². The lowest BCUT2D eigenvalue weighted by Gasteiger charge is -2.08. The van der Waals surface area contributed by atoms with Crippen LogP contribution in [0.4, 0.5) is 17.1 Å². The Hall–Kier alpha value is -2.48. The lowest BCUT2D eigenvalue weighted by Crippen LogP contribution is -1.98. The number of aromatic nitrogens is 2. The summed E-state index contributed by atoms with van der Waals surface area (Å²) in [6, 6.07) is 7.26. The fourth-order valence-corrected chi connectivity index (χ4v) is 1.78. The molecule has 0 radical (unpaired) electrons.